The Hall–Kier alpha value is -5.83. The molecular weight excluding hydrogens is 632 g/mol. The van der Waals surface area contributed by atoms with Crippen molar-refractivity contribution >= 4 is 11.8 Å². The first-order valence-electron chi connectivity index (χ1n) is 16.6. The molecule has 0 saturated heterocycles. The molecule has 0 bridgehead atoms. The van der Waals surface area contributed by atoms with Crippen molar-refractivity contribution in [3.8, 4) is 28.4 Å². The van der Waals surface area contributed by atoms with Gasteiger partial charge < -0.3 is 18.9 Å². The predicted molar refractivity (Wildman–Crippen MR) is 191 cm³/mol. The highest BCUT2D eigenvalue weighted by Gasteiger charge is 2.35. The number of nitrogens with zero attached hydrogens (tertiary/aromatic N) is 2. The van der Waals surface area contributed by atoms with E-state index in [0.717, 1.165) is 33.4 Å². The van der Waals surface area contributed by atoms with E-state index in [1.165, 1.54) is 12.1 Å². The summed E-state index contributed by atoms with van der Waals surface area (Å²) in [4.78, 5) is 26.0. The van der Waals surface area contributed by atoms with Crippen LogP contribution in [-0.2, 0) is 24.4 Å². The van der Waals surface area contributed by atoms with Gasteiger partial charge in [-0.05, 0) is 97.0 Å². The molecule has 5 aromatic rings. The molecule has 0 N–H and O–H groups in total. The quantitative estimate of drug-likeness (QED) is 0.102. The van der Waals surface area contributed by atoms with Gasteiger partial charge in [0.05, 0.1) is 11.0 Å². The zero-order valence-electron chi connectivity index (χ0n) is 28.4. The second kappa shape index (κ2) is 15.2. The summed E-state index contributed by atoms with van der Waals surface area (Å²) in [6.45, 7) is 6.90. The second-order valence-corrected chi connectivity index (χ2v) is 13.1. The number of fused-ring (bicyclic) bond motifs is 1. The van der Waals surface area contributed by atoms with E-state index in [-0.39, 0.29) is 12.3 Å². The molecular formula is C41H40N2O7. The summed E-state index contributed by atoms with van der Waals surface area (Å²) in [5.41, 5.74) is 5.13. The molecule has 1 atom stereocenters. The van der Waals surface area contributed by atoms with Crippen LogP contribution in [0.5, 0.6) is 17.2 Å². The molecule has 256 valence electrons. The Kier molecular flexibility index (Phi) is 10.3. The summed E-state index contributed by atoms with van der Waals surface area (Å²) >= 11 is 0. The van der Waals surface area contributed by atoms with Crippen LogP contribution in [0.2, 0.25) is 0 Å². The minimum Gasteiger partial charge on any atom is -0.491 e. The van der Waals surface area contributed by atoms with Crippen molar-refractivity contribution in [3.05, 3.63) is 154 Å². The third-order valence-electron chi connectivity index (χ3n) is 8.34. The number of non-ortho nitro benzene ring substituents is 1. The van der Waals surface area contributed by atoms with Gasteiger partial charge in [-0.25, -0.2) is 4.79 Å². The van der Waals surface area contributed by atoms with Crippen LogP contribution in [0, 0.1) is 10.1 Å². The Morgan fingerprint density at radius 2 is 1.30 bits per heavy atom. The molecule has 1 aliphatic rings. The van der Waals surface area contributed by atoms with Crippen LogP contribution < -0.4 is 14.2 Å². The van der Waals surface area contributed by atoms with Crippen molar-refractivity contribution in [3.63, 3.8) is 0 Å². The highest BCUT2D eigenvalue weighted by molar-refractivity contribution is 5.70. The van der Waals surface area contributed by atoms with Gasteiger partial charge in [0, 0.05) is 18.7 Å². The Balaban J connectivity index is 1.28. The van der Waals surface area contributed by atoms with Crippen LogP contribution in [0.15, 0.2) is 121 Å². The number of nitro benzene ring substituents is 1. The maximum atomic E-state index is 13.6. The molecule has 0 radical (unpaired) electrons. The zero-order chi connectivity index (χ0) is 35.1. The largest absolute Gasteiger partial charge is 0.491 e. The van der Waals surface area contributed by atoms with Gasteiger partial charge >= 0.3 is 6.09 Å². The van der Waals surface area contributed by atoms with Crippen molar-refractivity contribution < 1.29 is 28.7 Å². The fourth-order valence-electron chi connectivity index (χ4n) is 5.82. The normalized spacial score (nSPS) is 14.0. The Morgan fingerprint density at radius 3 is 1.84 bits per heavy atom. The molecule has 9 heteroatoms. The van der Waals surface area contributed by atoms with Gasteiger partial charge in [0.1, 0.15) is 31.2 Å². The number of hydrogen-bond acceptors (Lipinski definition) is 7. The lowest BCUT2D eigenvalue weighted by Gasteiger charge is -2.38. The molecule has 0 fully saturated rings. The lowest BCUT2D eigenvalue weighted by atomic mass is 9.92. The van der Waals surface area contributed by atoms with Crippen LogP contribution in [0.3, 0.4) is 0 Å². The minimum atomic E-state index is -0.671. The van der Waals surface area contributed by atoms with Gasteiger partial charge in [-0.2, -0.15) is 0 Å². The summed E-state index contributed by atoms with van der Waals surface area (Å²) in [7, 11) is 0. The first-order valence-corrected chi connectivity index (χ1v) is 16.6. The number of benzene rings is 5. The van der Waals surface area contributed by atoms with E-state index < -0.39 is 22.7 Å². The summed E-state index contributed by atoms with van der Waals surface area (Å²) in [6, 6.07) is 37.4. The summed E-state index contributed by atoms with van der Waals surface area (Å²) < 4.78 is 24.9. The highest BCUT2D eigenvalue weighted by atomic mass is 16.6. The third-order valence-corrected chi connectivity index (χ3v) is 8.34. The van der Waals surface area contributed by atoms with Crippen LogP contribution in [-0.4, -0.2) is 34.7 Å². The molecule has 0 aromatic heterocycles. The fourth-order valence-corrected chi connectivity index (χ4v) is 5.82. The zero-order valence-corrected chi connectivity index (χ0v) is 28.4. The van der Waals surface area contributed by atoms with Crippen molar-refractivity contribution in [1.29, 1.82) is 0 Å². The van der Waals surface area contributed by atoms with Gasteiger partial charge in [0.25, 0.3) is 5.69 Å². The summed E-state index contributed by atoms with van der Waals surface area (Å²) in [5.74, 6) is 1.83. The van der Waals surface area contributed by atoms with Crippen LogP contribution in [0.25, 0.3) is 11.1 Å². The molecule has 1 amide bonds. The van der Waals surface area contributed by atoms with Gasteiger partial charge in [-0.1, -0.05) is 72.8 Å². The molecule has 0 saturated carbocycles. The number of carbonyl (C=O) groups is 1. The predicted octanol–water partition coefficient (Wildman–Crippen LogP) is 9.33. The molecule has 50 heavy (non-hydrogen) atoms. The van der Waals surface area contributed by atoms with Crippen molar-refractivity contribution in [2.24, 2.45) is 0 Å². The Labute approximate surface area is 292 Å². The van der Waals surface area contributed by atoms with Gasteiger partial charge in [-0.3, -0.25) is 15.0 Å². The van der Waals surface area contributed by atoms with E-state index >= 15 is 0 Å². The minimum absolute atomic E-state index is 0.0412. The maximum Gasteiger partial charge on any atom is 0.410 e. The number of ether oxygens (including phenoxy) is 4. The van der Waals surface area contributed by atoms with Crippen molar-refractivity contribution in [2.45, 2.75) is 52.0 Å². The average Bonchev–Trinajstić information content (AvgIpc) is 3.12. The van der Waals surface area contributed by atoms with E-state index in [1.54, 1.807) is 17.0 Å². The molecule has 5 aromatic carbocycles. The van der Waals surface area contributed by atoms with E-state index in [4.69, 9.17) is 18.9 Å². The van der Waals surface area contributed by atoms with Gasteiger partial charge in [0.2, 0.25) is 0 Å². The van der Waals surface area contributed by atoms with Crippen LogP contribution >= 0.6 is 0 Å². The molecule has 0 spiro atoms. The van der Waals surface area contributed by atoms with Crippen LogP contribution in [0.4, 0.5) is 10.5 Å². The number of rotatable bonds is 11. The third kappa shape index (κ3) is 8.60. The summed E-state index contributed by atoms with van der Waals surface area (Å²) in [5, 5.41) is 11.1. The second-order valence-electron chi connectivity index (χ2n) is 13.1. The van der Waals surface area contributed by atoms with Crippen molar-refractivity contribution in [2.75, 3.05) is 13.2 Å². The van der Waals surface area contributed by atoms with Gasteiger partial charge in [0.15, 0.2) is 11.5 Å². The number of hydrogen-bond donors (Lipinski definition) is 0. The van der Waals surface area contributed by atoms with E-state index in [1.807, 2.05) is 118 Å². The maximum absolute atomic E-state index is 13.6. The van der Waals surface area contributed by atoms with E-state index in [0.29, 0.717) is 43.4 Å². The first kappa shape index (κ1) is 34.0. The summed E-state index contributed by atoms with van der Waals surface area (Å²) in [6.07, 6.45) is 0.191. The van der Waals surface area contributed by atoms with Crippen molar-refractivity contribution in [1.82, 2.24) is 4.90 Å². The molecule has 1 aliphatic heterocycles. The Morgan fingerprint density at radius 1 is 0.760 bits per heavy atom. The smallest absolute Gasteiger partial charge is 0.410 e. The van der Waals surface area contributed by atoms with E-state index in [9.17, 15) is 14.9 Å². The average molecular weight is 673 g/mol. The molecule has 1 heterocycles. The standard InChI is InChI=1S/C41H40N2O7/c1-41(2,3)50-40(44)42-23-22-33-24-38(48-26-29-10-6-4-7-11-29)39(49-27-30-12-8-5-9-13-30)25-36(33)37(42)28-47-35-20-16-32(17-21-35)31-14-18-34(19-15-31)43(45)46/h4-21,24-25,37H,22-23,26-28H2,1-3H3. The number of amides is 1. The molecule has 6 rings (SSSR count). The monoisotopic (exact) mass is 672 g/mol. The molecule has 0 aliphatic carbocycles. The lowest BCUT2D eigenvalue weighted by molar-refractivity contribution is -0.384. The lowest BCUT2D eigenvalue weighted by Crippen LogP contribution is -2.45. The first-order chi connectivity index (χ1) is 24.1. The number of carbonyl (C=O) groups excluding carboxylic acids is 1. The molecule has 9 nitrogen and oxygen atoms in total. The SMILES string of the molecule is CC(C)(C)OC(=O)N1CCc2cc(OCc3ccccc3)c(OCc3ccccc3)cc2C1COc1ccc(-c2ccc([N+](=O)[O-])cc2)cc1. The fraction of sp³-hybridized carbons (Fsp3) is 0.244. The topological polar surface area (TPSA) is 100 Å². The van der Waals surface area contributed by atoms with E-state index in [2.05, 4.69) is 0 Å². The number of nitro groups is 1. The Bertz CT molecular complexity index is 1910. The van der Waals surface area contributed by atoms with Gasteiger partial charge in [-0.15, -0.1) is 0 Å². The highest BCUT2D eigenvalue weighted by Crippen LogP contribution is 2.40. The molecule has 1 unspecified atom stereocenters. The van der Waals surface area contributed by atoms with Crippen LogP contribution in [0.1, 0.15) is 49.1 Å².